The molecule has 0 spiro atoms. The summed E-state index contributed by atoms with van der Waals surface area (Å²) in [6, 6.07) is 0.498. The molecule has 1 unspecified atom stereocenters. The maximum absolute atomic E-state index is 5.51. The normalized spacial score (nSPS) is 21.2. The van der Waals surface area contributed by atoms with Crippen LogP contribution in [0.1, 0.15) is 39.5 Å². The van der Waals surface area contributed by atoms with Gasteiger partial charge in [0.25, 0.3) is 0 Å². The minimum absolute atomic E-state index is 0.498. The third-order valence-electron chi connectivity index (χ3n) is 2.64. The lowest BCUT2D eigenvalue weighted by atomic mass is 10.3. The molecule has 3 nitrogen and oxygen atoms in total. The Morgan fingerprint density at radius 1 is 1.53 bits per heavy atom. The number of hydrogen-bond donors (Lipinski definition) is 1. The average Bonchev–Trinajstić information content (AvgIpc) is 2.79. The van der Waals surface area contributed by atoms with Crippen molar-refractivity contribution in [1.82, 2.24) is 5.09 Å². The molecule has 0 aromatic heterocycles. The summed E-state index contributed by atoms with van der Waals surface area (Å²) in [7, 11) is 1.69. The highest BCUT2D eigenvalue weighted by Gasteiger charge is 2.17. The quantitative estimate of drug-likeness (QED) is 0.440. The van der Waals surface area contributed by atoms with Crippen LogP contribution >= 0.6 is 17.0 Å². The van der Waals surface area contributed by atoms with Gasteiger partial charge in [0.2, 0.25) is 5.62 Å². The summed E-state index contributed by atoms with van der Waals surface area (Å²) in [6.45, 7) is 4.38. The SMILES string of the molecule is COP(=S)(NC=NC1CCCC1)SCC(C)C. The van der Waals surface area contributed by atoms with Crippen LogP contribution in [-0.4, -0.2) is 25.2 Å². The zero-order valence-corrected chi connectivity index (χ0v) is 13.4. The lowest BCUT2D eigenvalue weighted by Crippen LogP contribution is -2.10. The van der Waals surface area contributed by atoms with E-state index in [4.69, 9.17) is 16.3 Å². The van der Waals surface area contributed by atoms with Gasteiger partial charge in [0, 0.05) is 12.9 Å². The molecule has 0 aliphatic heterocycles. The fourth-order valence-electron chi connectivity index (χ4n) is 1.65. The molecule has 0 amide bonds. The highest BCUT2D eigenvalue weighted by Crippen LogP contribution is 2.55. The van der Waals surface area contributed by atoms with E-state index in [1.165, 1.54) is 25.7 Å². The van der Waals surface area contributed by atoms with Crippen molar-refractivity contribution in [2.75, 3.05) is 12.9 Å². The minimum atomic E-state index is -1.96. The van der Waals surface area contributed by atoms with Crippen LogP contribution in [-0.2, 0) is 16.3 Å². The van der Waals surface area contributed by atoms with Crippen molar-refractivity contribution < 1.29 is 4.52 Å². The van der Waals surface area contributed by atoms with Gasteiger partial charge < -0.3 is 9.61 Å². The third-order valence-corrected chi connectivity index (χ3v) is 8.65. The standard InChI is InChI=1S/C11H23N2OPS2/c1-10(2)8-17-15(16,14-3)13-9-12-11-6-4-5-7-11/h9-11H,4-8H2,1-3H3,(H,12,13,16). The molecule has 1 saturated carbocycles. The Kier molecular flexibility index (Phi) is 7.08. The average molecular weight is 294 g/mol. The van der Waals surface area contributed by atoms with Gasteiger partial charge in [-0.2, -0.15) is 0 Å². The molecule has 1 atom stereocenters. The first kappa shape index (κ1) is 15.5. The monoisotopic (exact) mass is 294 g/mol. The summed E-state index contributed by atoms with van der Waals surface area (Å²) < 4.78 is 5.44. The van der Waals surface area contributed by atoms with Crippen LogP contribution in [0.5, 0.6) is 0 Å². The van der Waals surface area contributed by atoms with Crippen molar-refractivity contribution in [1.29, 1.82) is 0 Å². The molecule has 6 heteroatoms. The number of nitrogens with one attached hydrogen (secondary N) is 1. The molecule has 0 aromatic carbocycles. The van der Waals surface area contributed by atoms with Crippen LogP contribution in [0.25, 0.3) is 0 Å². The number of rotatable bonds is 7. The summed E-state index contributed by atoms with van der Waals surface area (Å²) in [5.41, 5.74) is -1.96. The maximum Gasteiger partial charge on any atom is 0.210 e. The van der Waals surface area contributed by atoms with E-state index in [1.807, 2.05) is 0 Å². The Labute approximate surface area is 114 Å². The van der Waals surface area contributed by atoms with Crippen LogP contribution in [0.4, 0.5) is 0 Å². The van der Waals surface area contributed by atoms with Crippen molar-refractivity contribution in [3.63, 3.8) is 0 Å². The molecule has 1 N–H and O–H groups in total. The van der Waals surface area contributed by atoms with Crippen LogP contribution < -0.4 is 5.09 Å². The Morgan fingerprint density at radius 2 is 2.18 bits per heavy atom. The van der Waals surface area contributed by atoms with E-state index in [9.17, 15) is 0 Å². The van der Waals surface area contributed by atoms with E-state index in [2.05, 4.69) is 23.9 Å². The van der Waals surface area contributed by atoms with Crippen LogP contribution in [0.3, 0.4) is 0 Å². The van der Waals surface area contributed by atoms with Gasteiger partial charge in [-0.3, -0.25) is 4.99 Å². The largest absolute Gasteiger partial charge is 0.330 e. The Balaban J connectivity index is 2.36. The molecular weight excluding hydrogens is 271 g/mol. The first-order chi connectivity index (χ1) is 8.06. The number of hydrogen-bond acceptors (Lipinski definition) is 4. The van der Waals surface area contributed by atoms with Gasteiger partial charge in [-0.15, -0.1) is 0 Å². The second-order valence-corrected chi connectivity index (χ2v) is 11.5. The van der Waals surface area contributed by atoms with E-state index >= 15 is 0 Å². The minimum Gasteiger partial charge on any atom is -0.330 e. The Morgan fingerprint density at radius 3 is 2.71 bits per heavy atom. The number of aliphatic imine (C=N–C) groups is 1. The Hall–Kier alpha value is 0.430. The molecule has 0 aromatic rings. The molecule has 0 radical (unpaired) electrons. The topological polar surface area (TPSA) is 33.6 Å². The smallest absolute Gasteiger partial charge is 0.210 e. The van der Waals surface area contributed by atoms with Crippen LogP contribution in [0.15, 0.2) is 4.99 Å². The summed E-state index contributed by atoms with van der Waals surface area (Å²) in [4.78, 5) is 4.51. The van der Waals surface area contributed by atoms with Gasteiger partial charge >= 0.3 is 0 Å². The Bertz CT molecular complexity index is 291. The van der Waals surface area contributed by atoms with E-state index in [1.54, 1.807) is 24.8 Å². The fourth-order valence-corrected chi connectivity index (χ4v) is 5.49. The second-order valence-electron chi connectivity index (χ2n) is 4.72. The first-order valence-electron chi connectivity index (χ1n) is 6.15. The van der Waals surface area contributed by atoms with E-state index in [-0.39, 0.29) is 0 Å². The van der Waals surface area contributed by atoms with E-state index < -0.39 is 5.62 Å². The summed E-state index contributed by atoms with van der Waals surface area (Å²) >= 11 is 7.23. The van der Waals surface area contributed by atoms with E-state index in [0.29, 0.717) is 12.0 Å². The lowest BCUT2D eigenvalue weighted by molar-refractivity contribution is 0.467. The predicted octanol–water partition coefficient (Wildman–Crippen LogP) is 3.81. The number of nitrogens with zero attached hydrogens (tertiary/aromatic N) is 1. The zero-order chi connectivity index (χ0) is 12.7. The van der Waals surface area contributed by atoms with Crippen molar-refractivity contribution in [3.8, 4) is 0 Å². The van der Waals surface area contributed by atoms with Gasteiger partial charge in [-0.25, -0.2) is 0 Å². The molecule has 1 aliphatic rings. The van der Waals surface area contributed by atoms with Gasteiger partial charge in [0.05, 0.1) is 12.4 Å². The zero-order valence-electron chi connectivity index (χ0n) is 10.9. The van der Waals surface area contributed by atoms with Crippen LogP contribution in [0, 0.1) is 5.92 Å². The first-order valence-corrected chi connectivity index (χ1v) is 10.5. The van der Waals surface area contributed by atoms with Gasteiger partial charge in [0.15, 0.2) is 0 Å². The van der Waals surface area contributed by atoms with Crippen molar-refractivity contribution in [2.45, 2.75) is 45.6 Å². The van der Waals surface area contributed by atoms with Gasteiger partial charge in [-0.1, -0.05) is 38.1 Å². The summed E-state index contributed by atoms with van der Waals surface area (Å²) in [5.74, 6) is 1.65. The summed E-state index contributed by atoms with van der Waals surface area (Å²) in [6.07, 6.45) is 6.83. The highest BCUT2D eigenvalue weighted by molar-refractivity contribution is 8.68. The molecular formula is C11H23N2OPS2. The van der Waals surface area contributed by atoms with Crippen molar-refractivity contribution >= 4 is 35.1 Å². The molecule has 100 valence electrons. The molecule has 0 saturated heterocycles. The highest BCUT2D eigenvalue weighted by atomic mass is 32.9. The fraction of sp³-hybridized carbons (Fsp3) is 0.909. The van der Waals surface area contributed by atoms with Crippen LogP contribution in [0.2, 0.25) is 0 Å². The van der Waals surface area contributed by atoms with Gasteiger partial charge in [0.1, 0.15) is 0 Å². The molecule has 1 fully saturated rings. The van der Waals surface area contributed by atoms with Crippen molar-refractivity contribution in [3.05, 3.63) is 0 Å². The van der Waals surface area contributed by atoms with E-state index in [0.717, 1.165) is 5.75 Å². The third kappa shape index (κ3) is 6.23. The molecule has 0 bridgehead atoms. The summed E-state index contributed by atoms with van der Waals surface area (Å²) in [5, 5.41) is 3.20. The molecule has 1 aliphatic carbocycles. The van der Waals surface area contributed by atoms with Crippen molar-refractivity contribution in [2.24, 2.45) is 10.9 Å². The second kappa shape index (κ2) is 7.78. The lowest BCUT2D eigenvalue weighted by Gasteiger charge is -2.19. The molecule has 17 heavy (non-hydrogen) atoms. The predicted molar refractivity (Wildman–Crippen MR) is 82.5 cm³/mol. The van der Waals surface area contributed by atoms with Gasteiger partial charge in [-0.05, 0) is 30.6 Å². The molecule has 0 heterocycles. The maximum atomic E-state index is 5.51. The molecule has 1 rings (SSSR count).